The van der Waals surface area contributed by atoms with Crippen LogP contribution in [-0.2, 0) is 6.42 Å². The maximum absolute atomic E-state index is 5.26. The minimum atomic E-state index is 0.321. The van der Waals surface area contributed by atoms with Crippen LogP contribution in [0.5, 0.6) is 5.75 Å². The molecule has 1 atom stereocenters. The van der Waals surface area contributed by atoms with E-state index in [0.717, 1.165) is 41.6 Å². The number of hydrogen-bond acceptors (Lipinski definition) is 5. The van der Waals surface area contributed by atoms with Crippen molar-refractivity contribution in [1.82, 2.24) is 15.5 Å². The highest BCUT2D eigenvalue weighted by atomic mass is 32.1. The van der Waals surface area contributed by atoms with Crippen LogP contribution in [-0.4, -0.2) is 23.9 Å². The molecule has 0 amide bonds. The van der Waals surface area contributed by atoms with E-state index in [2.05, 4.69) is 35.4 Å². The lowest BCUT2D eigenvalue weighted by atomic mass is 10.1. The van der Waals surface area contributed by atoms with Gasteiger partial charge in [0.25, 0.3) is 0 Å². The van der Waals surface area contributed by atoms with E-state index < -0.39 is 0 Å². The lowest BCUT2D eigenvalue weighted by Gasteiger charge is -2.12. The normalized spacial score (nSPS) is 12.3. The van der Waals surface area contributed by atoms with E-state index in [1.807, 2.05) is 18.2 Å². The van der Waals surface area contributed by atoms with E-state index >= 15 is 0 Å². The van der Waals surface area contributed by atoms with Gasteiger partial charge in [0.05, 0.1) is 13.2 Å². The van der Waals surface area contributed by atoms with Gasteiger partial charge in [-0.25, -0.2) is 0 Å². The van der Waals surface area contributed by atoms with Crippen LogP contribution in [0.1, 0.15) is 48.3 Å². The molecule has 0 spiro atoms. The molecule has 0 aliphatic rings. The van der Waals surface area contributed by atoms with Crippen molar-refractivity contribution in [1.29, 1.82) is 0 Å². The Bertz CT molecular complexity index is 556. The number of rotatable bonds is 8. The van der Waals surface area contributed by atoms with Gasteiger partial charge in [-0.15, -0.1) is 10.2 Å². The van der Waals surface area contributed by atoms with Crippen LogP contribution in [0.15, 0.2) is 24.3 Å². The summed E-state index contributed by atoms with van der Waals surface area (Å²) >= 11 is 1.70. The van der Waals surface area contributed by atoms with Gasteiger partial charge >= 0.3 is 0 Å². The van der Waals surface area contributed by atoms with E-state index in [0.29, 0.717) is 6.04 Å². The predicted octanol–water partition coefficient (Wildman–Crippen LogP) is 3.59. The second-order valence-electron chi connectivity index (χ2n) is 4.98. The van der Waals surface area contributed by atoms with Crippen LogP contribution < -0.4 is 10.1 Å². The third-order valence-electron chi connectivity index (χ3n) is 3.32. The maximum atomic E-state index is 5.26. The monoisotopic (exact) mass is 305 g/mol. The summed E-state index contributed by atoms with van der Waals surface area (Å²) in [6.07, 6.45) is 2.97. The Kier molecular flexibility index (Phi) is 6.14. The van der Waals surface area contributed by atoms with Gasteiger partial charge < -0.3 is 10.1 Å². The minimum Gasteiger partial charge on any atom is -0.497 e. The molecule has 114 valence electrons. The summed E-state index contributed by atoms with van der Waals surface area (Å²) in [7, 11) is 1.69. The highest BCUT2D eigenvalue weighted by Gasteiger charge is 2.14. The number of benzene rings is 1. The van der Waals surface area contributed by atoms with Crippen LogP contribution in [0.25, 0.3) is 0 Å². The Balaban J connectivity index is 2.04. The first-order valence-corrected chi connectivity index (χ1v) is 8.27. The summed E-state index contributed by atoms with van der Waals surface area (Å²) in [5.74, 6) is 0.883. The van der Waals surface area contributed by atoms with Crippen LogP contribution >= 0.6 is 11.3 Å². The summed E-state index contributed by atoms with van der Waals surface area (Å²) in [6.45, 7) is 5.37. The average molecular weight is 305 g/mol. The third-order valence-corrected chi connectivity index (χ3v) is 4.36. The van der Waals surface area contributed by atoms with Gasteiger partial charge in [-0.1, -0.05) is 37.3 Å². The number of hydrogen-bond donors (Lipinski definition) is 1. The molecule has 0 radical (unpaired) electrons. The Morgan fingerprint density at radius 1 is 1.29 bits per heavy atom. The van der Waals surface area contributed by atoms with E-state index in [4.69, 9.17) is 4.74 Å². The molecule has 0 bridgehead atoms. The zero-order valence-corrected chi connectivity index (χ0v) is 13.7. The van der Waals surface area contributed by atoms with Crippen molar-refractivity contribution in [3.05, 3.63) is 39.8 Å². The van der Waals surface area contributed by atoms with Crippen molar-refractivity contribution >= 4 is 11.3 Å². The number of aromatic nitrogens is 2. The van der Waals surface area contributed by atoms with Crippen molar-refractivity contribution in [2.24, 2.45) is 0 Å². The quantitative estimate of drug-likeness (QED) is 0.809. The molecule has 5 heteroatoms. The molecule has 1 heterocycles. The number of methoxy groups -OCH3 is 1. The fraction of sp³-hybridized carbons (Fsp3) is 0.500. The standard InChI is InChI=1S/C16H23N3OS/c1-4-9-17-14(5-2)16-19-18-15(21-16)11-12-7-6-8-13(10-12)20-3/h6-8,10,14,17H,4-5,9,11H2,1-3H3. The Labute approximate surface area is 130 Å². The van der Waals surface area contributed by atoms with Crippen molar-refractivity contribution in [3.8, 4) is 5.75 Å². The Hall–Kier alpha value is -1.46. The molecule has 2 rings (SSSR count). The summed E-state index contributed by atoms with van der Waals surface area (Å²) < 4.78 is 5.26. The van der Waals surface area contributed by atoms with Gasteiger partial charge in [0, 0.05) is 6.42 Å². The second kappa shape index (κ2) is 8.10. The van der Waals surface area contributed by atoms with Crippen molar-refractivity contribution < 1.29 is 4.74 Å². The second-order valence-corrected chi connectivity index (χ2v) is 6.07. The summed E-state index contributed by atoms with van der Waals surface area (Å²) in [5, 5.41) is 14.3. The first kappa shape index (κ1) is 15.9. The van der Waals surface area contributed by atoms with Crippen LogP contribution in [0.3, 0.4) is 0 Å². The van der Waals surface area contributed by atoms with Gasteiger partial charge in [-0.3, -0.25) is 0 Å². The van der Waals surface area contributed by atoms with Crippen LogP contribution in [0.2, 0.25) is 0 Å². The molecule has 1 aromatic heterocycles. The topological polar surface area (TPSA) is 47.0 Å². The first-order valence-electron chi connectivity index (χ1n) is 7.45. The minimum absolute atomic E-state index is 0.321. The van der Waals surface area contributed by atoms with E-state index in [9.17, 15) is 0 Å². The smallest absolute Gasteiger partial charge is 0.134 e. The lowest BCUT2D eigenvalue weighted by Crippen LogP contribution is -2.21. The summed E-state index contributed by atoms with van der Waals surface area (Å²) in [5.41, 5.74) is 1.20. The first-order chi connectivity index (χ1) is 10.3. The molecule has 0 aliphatic heterocycles. The number of nitrogens with zero attached hydrogens (tertiary/aromatic N) is 2. The largest absolute Gasteiger partial charge is 0.497 e. The van der Waals surface area contributed by atoms with Gasteiger partial charge in [0.2, 0.25) is 0 Å². The number of ether oxygens (including phenoxy) is 1. The summed E-state index contributed by atoms with van der Waals surface area (Å²) in [4.78, 5) is 0. The van der Waals surface area contributed by atoms with Crippen LogP contribution in [0.4, 0.5) is 0 Å². The van der Waals surface area contributed by atoms with Gasteiger partial charge in [0.15, 0.2) is 0 Å². The molecule has 1 aromatic carbocycles. The molecule has 4 nitrogen and oxygen atoms in total. The zero-order valence-electron chi connectivity index (χ0n) is 12.9. The molecular formula is C16H23N3OS. The highest BCUT2D eigenvalue weighted by molar-refractivity contribution is 7.11. The predicted molar refractivity (Wildman–Crippen MR) is 87.0 cm³/mol. The third kappa shape index (κ3) is 4.51. The molecule has 0 aliphatic carbocycles. The molecule has 0 saturated heterocycles. The van der Waals surface area contributed by atoms with E-state index in [1.54, 1.807) is 18.4 Å². The molecular weight excluding hydrogens is 282 g/mol. The molecule has 0 fully saturated rings. The zero-order chi connectivity index (χ0) is 15.1. The molecule has 1 unspecified atom stereocenters. The summed E-state index contributed by atoms with van der Waals surface area (Å²) in [6, 6.07) is 8.43. The average Bonchev–Trinajstić information content (AvgIpc) is 2.96. The van der Waals surface area contributed by atoms with Crippen LogP contribution in [0, 0.1) is 0 Å². The fourth-order valence-electron chi connectivity index (χ4n) is 2.16. The lowest BCUT2D eigenvalue weighted by molar-refractivity contribution is 0.414. The molecule has 1 N–H and O–H groups in total. The van der Waals surface area contributed by atoms with Gasteiger partial charge in [-0.05, 0) is 37.1 Å². The van der Waals surface area contributed by atoms with Gasteiger partial charge in [-0.2, -0.15) is 0 Å². The SMILES string of the molecule is CCCNC(CC)c1nnc(Cc2cccc(OC)c2)s1. The van der Waals surface area contributed by atoms with E-state index in [1.165, 1.54) is 5.56 Å². The van der Waals surface area contributed by atoms with Crippen molar-refractivity contribution in [3.63, 3.8) is 0 Å². The molecule has 21 heavy (non-hydrogen) atoms. The number of nitrogens with one attached hydrogen (secondary N) is 1. The van der Waals surface area contributed by atoms with Gasteiger partial charge in [0.1, 0.15) is 15.8 Å². The molecule has 2 aromatic rings. The maximum Gasteiger partial charge on any atom is 0.134 e. The highest BCUT2D eigenvalue weighted by Crippen LogP contribution is 2.23. The molecule has 0 saturated carbocycles. The van der Waals surface area contributed by atoms with E-state index in [-0.39, 0.29) is 0 Å². The van der Waals surface area contributed by atoms with Crippen molar-refractivity contribution in [2.75, 3.05) is 13.7 Å². The Morgan fingerprint density at radius 3 is 2.86 bits per heavy atom. The Morgan fingerprint density at radius 2 is 2.14 bits per heavy atom. The fourth-order valence-corrected chi connectivity index (χ4v) is 3.20. The van der Waals surface area contributed by atoms with Crippen molar-refractivity contribution in [2.45, 2.75) is 39.2 Å².